The fraction of sp³-hybridized carbons (Fsp3) is 0.625. The smallest absolute Gasteiger partial charge is 0.155 e. The van der Waals surface area contributed by atoms with E-state index in [4.69, 9.17) is 5.73 Å². The molecule has 0 spiro atoms. The van der Waals surface area contributed by atoms with Crippen molar-refractivity contribution in [3.05, 3.63) is 11.6 Å². The molecule has 0 saturated heterocycles. The molecule has 0 heterocycles. The van der Waals surface area contributed by atoms with Crippen LogP contribution in [0.5, 0.6) is 0 Å². The van der Waals surface area contributed by atoms with Gasteiger partial charge in [0, 0.05) is 6.42 Å². The Morgan fingerprint density at radius 1 is 1.60 bits per heavy atom. The van der Waals surface area contributed by atoms with E-state index in [1.807, 2.05) is 13.8 Å². The van der Waals surface area contributed by atoms with Crippen LogP contribution in [-0.2, 0) is 4.79 Å². The summed E-state index contributed by atoms with van der Waals surface area (Å²) in [4.78, 5) is 10.8. The molecule has 2 heteroatoms. The first-order valence-corrected chi connectivity index (χ1v) is 3.60. The highest BCUT2D eigenvalue weighted by molar-refractivity contribution is 5.89. The third-order valence-electron chi connectivity index (χ3n) is 1.29. The van der Waals surface area contributed by atoms with E-state index in [1.54, 1.807) is 6.08 Å². The topological polar surface area (TPSA) is 43.1 Å². The van der Waals surface area contributed by atoms with Crippen molar-refractivity contribution >= 4 is 5.78 Å². The molecule has 0 aromatic rings. The molecule has 0 aromatic heterocycles. The molecule has 0 rings (SSSR count). The van der Waals surface area contributed by atoms with E-state index >= 15 is 0 Å². The van der Waals surface area contributed by atoms with Gasteiger partial charge in [-0.2, -0.15) is 0 Å². The highest BCUT2D eigenvalue weighted by Gasteiger charge is 1.92. The standard InChI is InChI=1S/C8H15NO/c1-3-8(10)6-7(2)4-5-9/h6H,3-5,9H2,1-2H3/b7-6-. The van der Waals surface area contributed by atoms with Crippen molar-refractivity contribution < 1.29 is 4.79 Å². The summed E-state index contributed by atoms with van der Waals surface area (Å²) in [5, 5.41) is 0. The predicted octanol–water partition coefficient (Wildman–Crippen LogP) is 1.26. The summed E-state index contributed by atoms with van der Waals surface area (Å²) in [6.45, 7) is 4.41. The third-order valence-corrected chi connectivity index (χ3v) is 1.29. The number of hydrogen-bond donors (Lipinski definition) is 1. The van der Waals surface area contributed by atoms with Gasteiger partial charge in [-0.05, 0) is 26.0 Å². The van der Waals surface area contributed by atoms with Gasteiger partial charge in [0.25, 0.3) is 0 Å². The quantitative estimate of drug-likeness (QED) is 0.599. The van der Waals surface area contributed by atoms with E-state index in [0.29, 0.717) is 13.0 Å². The van der Waals surface area contributed by atoms with Crippen molar-refractivity contribution in [2.24, 2.45) is 5.73 Å². The molecule has 0 atom stereocenters. The number of carbonyl (C=O) groups is 1. The van der Waals surface area contributed by atoms with Crippen LogP contribution in [0, 0.1) is 0 Å². The third kappa shape index (κ3) is 4.27. The summed E-state index contributed by atoms with van der Waals surface area (Å²) in [6, 6.07) is 0. The Kier molecular flexibility index (Phi) is 4.85. The van der Waals surface area contributed by atoms with E-state index in [0.717, 1.165) is 12.0 Å². The number of nitrogens with two attached hydrogens (primary N) is 1. The molecule has 0 aliphatic carbocycles. The molecular weight excluding hydrogens is 126 g/mol. The van der Waals surface area contributed by atoms with Gasteiger partial charge >= 0.3 is 0 Å². The highest BCUT2D eigenvalue weighted by Crippen LogP contribution is 1.98. The summed E-state index contributed by atoms with van der Waals surface area (Å²) in [5.41, 5.74) is 6.37. The van der Waals surface area contributed by atoms with Gasteiger partial charge in [-0.15, -0.1) is 0 Å². The van der Waals surface area contributed by atoms with Crippen LogP contribution in [0.2, 0.25) is 0 Å². The second-order valence-corrected chi connectivity index (χ2v) is 2.35. The van der Waals surface area contributed by atoms with Crippen LogP contribution in [0.25, 0.3) is 0 Å². The Hall–Kier alpha value is -0.630. The first-order valence-electron chi connectivity index (χ1n) is 3.60. The molecule has 2 N–H and O–H groups in total. The molecule has 0 aliphatic heterocycles. The van der Waals surface area contributed by atoms with Gasteiger partial charge < -0.3 is 5.73 Å². The second-order valence-electron chi connectivity index (χ2n) is 2.35. The number of rotatable bonds is 4. The van der Waals surface area contributed by atoms with Crippen molar-refractivity contribution in [2.45, 2.75) is 26.7 Å². The van der Waals surface area contributed by atoms with Crippen molar-refractivity contribution in [3.8, 4) is 0 Å². The molecule has 0 radical (unpaired) electrons. The van der Waals surface area contributed by atoms with Crippen molar-refractivity contribution in [1.82, 2.24) is 0 Å². The normalized spacial score (nSPS) is 11.7. The average molecular weight is 141 g/mol. The zero-order chi connectivity index (χ0) is 7.98. The minimum atomic E-state index is 0.186. The Morgan fingerprint density at radius 2 is 2.20 bits per heavy atom. The van der Waals surface area contributed by atoms with Gasteiger partial charge in [0.1, 0.15) is 0 Å². The van der Waals surface area contributed by atoms with E-state index in [2.05, 4.69) is 0 Å². The summed E-state index contributed by atoms with van der Waals surface area (Å²) >= 11 is 0. The number of ketones is 1. The van der Waals surface area contributed by atoms with Crippen LogP contribution < -0.4 is 5.73 Å². The fourth-order valence-corrected chi connectivity index (χ4v) is 0.677. The summed E-state index contributed by atoms with van der Waals surface area (Å²) < 4.78 is 0. The second kappa shape index (κ2) is 5.18. The van der Waals surface area contributed by atoms with Gasteiger partial charge in [0.05, 0.1) is 0 Å². The lowest BCUT2D eigenvalue weighted by Gasteiger charge is -1.94. The molecular formula is C8H15NO. The Labute approximate surface area is 62.1 Å². The number of carbonyl (C=O) groups excluding carboxylic acids is 1. The van der Waals surface area contributed by atoms with Crippen LogP contribution >= 0.6 is 0 Å². The monoisotopic (exact) mass is 141 g/mol. The molecule has 58 valence electrons. The molecule has 0 amide bonds. The molecule has 0 aromatic carbocycles. The van der Waals surface area contributed by atoms with Gasteiger partial charge in [0.2, 0.25) is 0 Å². The van der Waals surface area contributed by atoms with Crippen molar-refractivity contribution in [2.75, 3.05) is 6.54 Å². The zero-order valence-corrected chi connectivity index (χ0v) is 6.68. The summed E-state index contributed by atoms with van der Waals surface area (Å²) in [6.07, 6.45) is 3.08. The summed E-state index contributed by atoms with van der Waals surface area (Å²) in [5.74, 6) is 0.186. The Balaban J connectivity index is 3.77. The number of hydrogen-bond acceptors (Lipinski definition) is 2. The lowest BCUT2D eigenvalue weighted by molar-refractivity contribution is -0.114. The molecule has 0 aliphatic rings. The highest BCUT2D eigenvalue weighted by atomic mass is 16.1. The minimum Gasteiger partial charge on any atom is -0.330 e. The first-order chi connectivity index (χ1) is 4.70. The van der Waals surface area contributed by atoms with Crippen LogP contribution in [0.3, 0.4) is 0 Å². The molecule has 2 nitrogen and oxygen atoms in total. The largest absolute Gasteiger partial charge is 0.330 e. The molecule has 10 heavy (non-hydrogen) atoms. The Bertz CT molecular complexity index is 138. The van der Waals surface area contributed by atoms with Gasteiger partial charge in [-0.3, -0.25) is 4.79 Å². The molecule has 0 fully saturated rings. The predicted molar refractivity (Wildman–Crippen MR) is 42.7 cm³/mol. The fourth-order valence-electron chi connectivity index (χ4n) is 0.677. The number of allylic oxidation sites excluding steroid dienone is 1. The maximum Gasteiger partial charge on any atom is 0.155 e. The lowest BCUT2D eigenvalue weighted by Crippen LogP contribution is -2.00. The van der Waals surface area contributed by atoms with Crippen molar-refractivity contribution in [3.63, 3.8) is 0 Å². The van der Waals surface area contributed by atoms with Gasteiger partial charge in [-0.1, -0.05) is 12.5 Å². The van der Waals surface area contributed by atoms with Gasteiger partial charge in [-0.25, -0.2) is 0 Å². The maximum absolute atomic E-state index is 10.8. The molecule has 0 unspecified atom stereocenters. The Morgan fingerprint density at radius 3 is 2.60 bits per heavy atom. The van der Waals surface area contributed by atoms with Gasteiger partial charge in [0.15, 0.2) is 5.78 Å². The lowest BCUT2D eigenvalue weighted by atomic mass is 10.1. The van der Waals surface area contributed by atoms with E-state index in [9.17, 15) is 4.79 Å². The van der Waals surface area contributed by atoms with E-state index < -0.39 is 0 Å². The average Bonchev–Trinajstić information content (AvgIpc) is 1.88. The molecule has 0 saturated carbocycles. The zero-order valence-electron chi connectivity index (χ0n) is 6.68. The first kappa shape index (κ1) is 9.37. The van der Waals surface area contributed by atoms with Crippen molar-refractivity contribution in [1.29, 1.82) is 0 Å². The van der Waals surface area contributed by atoms with E-state index in [-0.39, 0.29) is 5.78 Å². The van der Waals surface area contributed by atoms with E-state index in [1.165, 1.54) is 0 Å². The SMILES string of the molecule is CCC(=O)/C=C(/C)CCN. The summed E-state index contributed by atoms with van der Waals surface area (Å²) in [7, 11) is 0. The molecule has 0 bridgehead atoms. The van der Waals surface area contributed by atoms with Crippen LogP contribution in [-0.4, -0.2) is 12.3 Å². The van der Waals surface area contributed by atoms with Crippen LogP contribution in [0.1, 0.15) is 26.7 Å². The van der Waals surface area contributed by atoms with Crippen LogP contribution in [0.4, 0.5) is 0 Å². The maximum atomic E-state index is 10.8. The van der Waals surface area contributed by atoms with Crippen LogP contribution in [0.15, 0.2) is 11.6 Å². The minimum absolute atomic E-state index is 0.186.